The van der Waals surface area contributed by atoms with Gasteiger partial charge in [0.15, 0.2) is 5.82 Å². The number of benzene rings is 2. The van der Waals surface area contributed by atoms with Crippen molar-refractivity contribution in [2.45, 2.75) is 70.8 Å². The molecule has 0 fully saturated rings. The molecule has 2 amide bonds. The van der Waals surface area contributed by atoms with Crippen molar-refractivity contribution >= 4 is 23.0 Å². The van der Waals surface area contributed by atoms with E-state index in [1.807, 2.05) is 43.5 Å². The number of hydrogen-bond acceptors (Lipinski definition) is 6. The molecule has 2 aromatic heterocycles. The molecule has 4 heterocycles. The summed E-state index contributed by atoms with van der Waals surface area (Å²) in [6.45, 7) is 5.96. The van der Waals surface area contributed by atoms with Gasteiger partial charge >= 0.3 is 12.7 Å². The number of hydrogen-bond donors (Lipinski definition) is 2. The molecule has 0 radical (unpaired) electrons. The lowest BCUT2D eigenvalue weighted by Gasteiger charge is -2.44. The number of halogens is 2. The van der Waals surface area contributed by atoms with Crippen molar-refractivity contribution in [2.24, 2.45) is 0 Å². The number of carbonyl (C=O) groups is 2. The average molecular weight is 577 g/mol. The van der Waals surface area contributed by atoms with Crippen LogP contribution in [0.2, 0.25) is 0 Å². The number of carboxylic acid groups (broad SMARTS) is 1. The molecule has 12 heteroatoms. The first-order valence-electron chi connectivity index (χ1n) is 13.5. The Morgan fingerprint density at radius 1 is 1.12 bits per heavy atom. The lowest BCUT2D eigenvalue weighted by atomic mass is 9.94. The van der Waals surface area contributed by atoms with Crippen LogP contribution in [0.15, 0.2) is 48.8 Å². The Morgan fingerprint density at radius 3 is 2.48 bits per heavy atom. The van der Waals surface area contributed by atoms with Crippen LogP contribution in [0.25, 0.3) is 22.2 Å². The van der Waals surface area contributed by atoms with Gasteiger partial charge in [-0.15, -0.1) is 0 Å². The first-order chi connectivity index (χ1) is 19.8. The van der Waals surface area contributed by atoms with Crippen LogP contribution >= 0.6 is 0 Å². The Labute approximate surface area is 240 Å². The van der Waals surface area contributed by atoms with Gasteiger partial charge in [0.05, 0.1) is 23.1 Å². The zero-order valence-electron chi connectivity index (χ0n) is 23.7. The second-order valence-corrected chi connectivity index (χ2v) is 12.1. The summed E-state index contributed by atoms with van der Waals surface area (Å²) < 4.78 is 33.5. The second-order valence-electron chi connectivity index (χ2n) is 12.1. The van der Waals surface area contributed by atoms with Gasteiger partial charge in [0.1, 0.15) is 17.1 Å². The highest BCUT2D eigenvalue weighted by atomic mass is 19.3. The maximum absolute atomic E-state index is 13.3. The van der Waals surface area contributed by atoms with E-state index in [1.165, 1.54) is 17.0 Å². The fourth-order valence-electron chi connectivity index (χ4n) is 6.45. The molecule has 4 aromatic rings. The number of carbonyl (C=O) groups excluding carboxylic acids is 1. The van der Waals surface area contributed by atoms with Gasteiger partial charge in [-0.05, 0) is 70.9 Å². The Bertz CT molecular complexity index is 1730. The van der Waals surface area contributed by atoms with Crippen molar-refractivity contribution < 1.29 is 28.2 Å². The Morgan fingerprint density at radius 2 is 1.83 bits per heavy atom. The molecular weight excluding hydrogens is 546 g/mol. The predicted molar refractivity (Wildman–Crippen MR) is 149 cm³/mol. The van der Waals surface area contributed by atoms with Gasteiger partial charge in [0.25, 0.3) is 5.91 Å². The van der Waals surface area contributed by atoms with E-state index in [9.17, 15) is 23.5 Å². The molecule has 218 valence electrons. The predicted octanol–water partition coefficient (Wildman–Crippen LogP) is 5.89. The molecule has 0 saturated carbocycles. The normalized spacial score (nSPS) is 18.0. The molecule has 0 unspecified atom stereocenters. The minimum atomic E-state index is -3.04. The third-order valence-electron chi connectivity index (χ3n) is 7.92. The summed E-state index contributed by atoms with van der Waals surface area (Å²) >= 11 is 0. The van der Waals surface area contributed by atoms with Crippen LogP contribution in [-0.2, 0) is 5.54 Å². The highest BCUT2D eigenvalue weighted by Gasteiger charge is 2.43. The van der Waals surface area contributed by atoms with Crippen LogP contribution in [0.5, 0.6) is 5.75 Å². The van der Waals surface area contributed by atoms with Crippen LogP contribution in [0.4, 0.5) is 13.6 Å². The third-order valence-corrected chi connectivity index (χ3v) is 7.92. The van der Waals surface area contributed by atoms with Crippen molar-refractivity contribution in [1.82, 2.24) is 29.7 Å². The number of amides is 2. The molecule has 2 atom stereocenters. The van der Waals surface area contributed by atoms with Gasteiger partial charge in [0.2, 0.25) is 0 Å². The SMILES string of the molecule is CC(C)(C)N(C(=O)O)C(C)(C)c1ncc(-c2ccc3nc4n(c3c2)[C@@H]2C[C@H]4NC(=O)c3cccc(OC(F)F)c32)cn1. The van der Waals surface area contributed by atoms with Gasteiger partial charge in [-0.1, -0.05) is 12.1 Å². The lowest BCUT2D eigenvalue weighted by molar-refractivity contribution is -0.0507. The topological polar surface area (TPSA) is 122 Å². The standard InChI is InChI=1S/C30H30F2N6O4/c1-29(2,3)38(28(40)41)30(4,5)26-33-13-16(14-34-26)15-9-10-18-20(11-15)37-21-12-19(24(37)35-18)36-25(39)17-7-6-8-22(23(17)21)42-27(31)32/h6-11,13-14,19,21,27H,12H2,1-5H3,(H,36,39)(H,40,41)/t19-,21-/m1/s1. The monoisotopic (exact) mass is 576 g/mol. The molecular formula is C30H30F2N6O4. The molecule has 2 aliphatic rings. The maximum Gasteiger partial charge on any atom is 0.408 e. The minimum Gasteiger partial charge on any atom is -0.465 e. The van der Waals surface area contributed by atoms with Gasteiger partial charge in [-0.2, -0.15) is 8.78 Å². The summed E-state index contributed by atoms with van der Waals surface area (Å²) in [4.78, 5) is 40.3. The minimum absolute atomic E-state index is 0.0357. The second kappa shape index (κ2) is 9.47. The van der Waals surface area contributed by atoms with Gasteiger partial charge in [-0.3, -0.25) is 9.69 Å². The first-order valence-corrected chi connectivity index (χ1v) is 13.5. The average Bonchev–Trinajstić information content (AvgIpc) is 3.39. The summed E-state index contributed by atoms with van der Waals surface area (Å²) in [5.41, 5.74) is 1.97. The molecule has 2 aliphatic heterocycles. The summed E-state index contributed by atoms with van der Waals surface area (Å²) in [6, 6.07) is 9.42. The van der Waals surface area contributed by atoms with E-state index in [1.54, 1.807) is 32.3 Å². The van der Waals surface area contributed by atoms with E-state index in [-0.39, 0.29) is 11.7 Å². The molecule has 2 N–H and O–H groups in total. The number of fused-ring (bicyclic) bond motifs is 9. The molecule has 42 heavy (non-hydrogen) atoms. The van der Waals surface area contributed by atoms with Gasteiger partial charge in [0, 0.05) is 34.6 Å². The van der Waals surface area contributed by atoms with E-state index in [2.05, 4.69) is 15.3 Å². The first kappa shape index (κ1) is 27.6. The van der Waals surface area contributed by atoms with Crippen LogP contribution in [0.1, 0.15) is 80.7 Å². The van der Waals surface area contributed by atoms with E-state index >= 15 is 0 Å². The van der Waals surface area contributed by atoms with Crippen molar-refractivity contribution in [3.8, 4) is 16.9 Å². The van der Waals surface area contributed by atoms with Crippen LogP contribution in [0, 0.1) is 0 Å². The molecule has 0 spiro atoms. The summed E-state index contributed by atoms with van der Waals surface area (Å²) in [7, 11) is 0. The summed E-state index contributed by atoms with van der Waals surface area (Å²) in [5, 5.41) is 12.9. The molecule has 2 bridgehead atoms. The number of nitrogens with zero attached hydrogens (tertiary/aromatic N) is 5. The van der Waals surface area contributed by atoms with E-state index in [4.69, 9.17) is 9.72 Å². The highest BCUT2D eigenvalue weighted by Crippen LogP contribution is 2.47. The van der Waals surface area contributed by atoms with Crippen molar-refractivity contribution in [3.05, 3.63) is 71.6 Å². The molecule has 0 saturated heterocycles. The summed E-state index contributed by atoms with van der Waals surface area (Å²) in [5.74, 6) is 0.608. The number of rotatable bonds is 5. The van der Waals surface area contributed by atoms with Gasteiger partial charge < -0.3 is 19.7 Å². The Hall–Kier alpha value is -4.61. The van der Waals surface area contributed by atoms with Crippen LogP contribution in [0.3, 0.4) is 0 Å². The molecule has 6 rings (SSSR count). The largest absolute Gasteiger partial charge is 0.465 e. The third kappa shape index (κ3) is 4.32. The summed E-state index contributed by atoms with van der Waals surface area (Å²) in [6.07, 6.45) is 2.69. The van der Waals surface area contributed by atoms with Crippen molar-refractivity contribution in [1.29, 1.82) is 0 Å². The smallest absolute Gasteiger partial charge is 0.408 e. The van der Waals surface area contributed by atoms with Crippen LogP contribution < -0.4 is 10.1 Å². The fraction of sp³-hybridized carbons (Fsp3) is 0.367. The molecule has 2 aromatic carbocycles. The zero-order chi connectivity index (χ0) is 30.1. The maximum atomic E-state index is 13.3. The number of aromatic nitrogens is 4. The van der Waals surface area contributed by atoms with E-state index in [0.717, 1.165) is 11.1 Å². The van der Waals surface area contributed by atoms with E-state index < -0.39 is 35.9 Å². The number of alkyl halides is 2. The zero-order valence-corrected chi connectivity index (χ0v) is 23.7. The van der Waals surface area contributed by atoms with Crippen LogP contribution in [-0.4, -0.2) is 53.7 Å². The lowest BCUT2D eigenvalue weighted by Crippen LogP contribution is -2.55. The number of imidazole rings is 1. The fourth-order valence-corrected chi connectivity index (χ4v) is 6.45. The number of ether oxygens (including phenoxy) is 1. The molecule has 0 aliphatic carbocycles. The van der Waals surface area contributed by atoms with Crippen molar-refractivity contribution in [2.75, 3.05) is 0 Å². The highest BCUT2D eigenvalue weighted by molar-refractivity contribution is 5.98. The molecule has 10 nitrogen and oxygen atoms in total. The number of nitrogens with one attached hydrogen (secondary N) is 1. The van der Waals surface area contributed by atoms with Crippen molar-refractivity contribution in [3.63, 3.8) is 0 Å². The Balaban J connectivity index is 1.42. The van der Waals surface area contributed by atoms with E-state index in [0.29, 0.717) is 40.3 Å². The van der Waals surface area contributed by atoms with Gasteiger partial charge in [-0.25, -0.2) is 19.7 Å². The Kier molecular flexibility index (Phi) is 6.21. The quantitative estimate of drug-likeness (QED) is 0.304.